The molecule has 0 bridgehead atoms. The van der Waals surface area contributed by atoms with Gasteiger partial charge in [-0.2, -0.15) is 0 Å². The molecule has 4 aliphatic carbocycles. The average molecular weight is 453 g/mol. The van der Waals surface area contributed by atoms with E-state index in [1.165, 1.54) is 0 Å². The van der Waals surface area contributed by atoms with Gasteiger partial charge in [-0.3, -0.25) is 0 Å². The summed E-state index contributed by atoms with van der Waals surface area (Å²) in [5.74, 6) is 1.75. The molecule has 0 amide bonds. The topological polar surface area (TPSA) is 101 Å². The monoisotopic (exact) mass is 452 g/mol. The highest BCUT2D eigenvalue weighted by Crippen LogP contribution is 2.69. The van der Waals surface area contributed by atoms with Gasteiger partial charge in [0.2, 0.25) is 0 Å². The van der Waals surface area contributed by atoms with Crippen molar-refractivity contribution in [2.45, 2.75) is 122 Å². The van der Waals surface area contributed by atoms with Crippen LogP contribution in [-0.4, -0.2) is 55.5 Å². The van der Waals surface area contributed by atoms with Crippen molar-refractivity contribution >= 4 is 0 Å². The molecule has 5 N–H and O–H groups in total. The molecule has 186 valence electrons. The fourth-order valence-corrected chi connectivity index (χ4v) is 9.23. The van der Waals surface area contributed by atoms with Crippen LogP contribution in [0, 0.1) is 46.3 Å². The van der Waals surface area contributed by atoms with Gasteiger partial charge in [0.05, 0.1) is 30.0 Å². The van der Waals surface area contributed by atoms with Gasteiger partial charge in [0.25, 0.3) is 0 Å². The van der Waals surface area contributed by atoms with E-state index in [-0.39, 0.29) is 47.7 Å². The molecule has 0 saturated heterocycles. The van der Waals surface area contributed by atoms with Crippen LogP contribution in [0.25, 0.3) is 0 Å². The maximum absolute atomic E-state index is 11.6. The molecule has 4 saturated carbocycles. The van der Waals surface area contributed by atoms with Crippen LogP contribution in [-0.2, 0) is 0 Å². The Morgan fingerprint density at radius 1 is 0.938 bits per heavy atom. The summed E-state index contributed by atoms with van der Waals surface area (Å²) in [4.78, 5) is 0. The van der Waals surface area contributed by atoms with E-state index >= 15 is 0 Å². The first kappa shape index (κ1) is 24.9. The van der Waals surface area contributed by atoms with Crippen LogP contribution < -0.4 is 0 Å². The second kappa shape index (κ2) is 8.48. The van der Waals surface area contributed by atoms with E-state index in [1.807, 2.05) is 0 Å². The van der Waals surface area contributed by atoms with Gasteiger partial charge >= 0.3 is 0 Å². The lowest BCUT2D eigenvalue weighted by atomic mass is 9.42. The van der Waals surface area contributed by atoms with Gasteiger partial charge in [0.15, 0.2) is 0 Å². The van der Waals surface area contributed by atoms with Crippen LogP contribution in [0.1, 0.15) is 92.4 Å². The number of hydrogen-bond donors (Lipinski definition) is 5. The third kappa shape index (κ3) is 3.61. The van der Waals surface area contributed by atoms with Crippen molar-refractivity contribution in [1.29, 1.82) is 0 Å². The predicted octanol–water partition coefficient (Wildman–Crippen LogP) is 3.50. The first-order chi connectivity index (χ1) is 14.8. The Labute approximate surface area is 194 Å². The molecule has 4 aliphatic rings. The standard InChI is InChI=1S/C27H48O5/c1-15(2)21(29)7-6-16(3)20-13-22(30)24-18-12-23(31)27(32)14-17(28)8-11-26(27,5)19(18)9-10-25(20,24)4/h15-24,28-32H,6-14H2,1-5H3/t16-,17?,18-,19+,20-,21?,22?,23?,24-,25-,26-,27?/m1/s1. The molecule has 4 rings (SSSR count). The maximum Gasteiger partial charge on any atom is 0.0985 e. The third-order valence-electron chi connectivity index (χ3n) is 11.3. The first-order valence-corrected chi connectivity index (χ1v) is 13.3. The molecule has 0 spiro atoms. The van der Waals surface area contributed by atoms with Crippen LogP contribution in [0.4, 0.5) is 0 Å². The van der Waals surface area contributed by atoms with Crippen LogP contribution >= 0.6 is 0 Å². The van der Waals surface area contributed by atoms with Gasteiger partial charge in [-0.15, -0.1) is 0 Å². The van der Waals surface area contributed by atoms with Crippen molar-refractivity contribution in [1.82, 2.24) is 0 Å². The van der Waals surface area contributed by atoms with Crippen LogP contribution in [0.15, 0.2) is 0 Å². The molecule has 12 atom stereocenters. The second-order valence-electron chi connectivity index (χ2n) is 13.1. The van der Waals surface area contributed by atoms with E-state index in [4.69, 9.17) is 0 Å². The van der Waals surface area contributed by atoms with Crippen molar-refractivity contribution in [2.24, 2.45) is 46.3 Å². The van der Waals surface area contributed by atoms with Crippen molar-refractivity contribution < 1.29 is 25.5 Å². The summed E-state index contributed by atoms with van der Waals surface area (Å²) in [5, 5.41) is 54.7. The summed E-state index contributed by atoms with van der Waals surface area (Å²) in [6, 6.07) is 0. The molecule has 0 aromatic rings. The van der Waals surface area contributed by atoms with Crippen LogP contribution in [0.5, 0.6) is 0 Å². The van der Waals surface area contributed by atoms with Crippen LogP contribution in [0.3, 0.4) is 0 Å². The molecule has 0 aliphatic heterocycles. The molecule has 0 aromatic heterocycles. The molecule has 0 heterocycles. The predicted molar refractivity (Wildman–Crippen MR) is 125 cm³/mol. The van der Waals surface area contributed by atoms with Crippen molar-refractivity contribution in [3.05, 3.63) is 0 Å². The van der Waals surface area contributed by atoms with Crippen molar-refractivity contribution in [3.8, 4) is 0 Å². The van der Waals surface area contributed by atoms with E-state index in [0.717, 1.165) is 38.5 Å². The molecule has 5 heteroatoms. The fraction of sp³-hybridized carbons (Fsp3) is 1.00. The Hall–Kier alpha value is -0.200. The van der Waals surface area contributed by atoms with Gasteiger partial charge in [-0.05, 0) is 92.3 Å². The Morgan fingerprint density at radius 2 is 1.62 bits per heavy atom. The van der Waals surface area contributed by atoms with E-state index in [0.29, 0.717) is 24.7 Å². The summed E-state index contributed by atoms with van der Waals surface area (Å²) in [5.41, 5.74) is -1.62. The zero-order valence-electron chi connectivity index (χ0n) is 20.9. The SMILES string of the molecule is CC(C)C(O)CC[C@@H](C)[C@H]1CC(O)[C@H]2[C@@H]3CC(O)C4(O)CC(O)CC[C@]4(C)[C@H]3CC[C@]12C. The lowest BCUT2D eigenvalue weighted by molar-refractivity contribution is -0.268. The molecule has 5 unspecified atom stereocenters. The minimum Gasteiger partial charge on any atom is -0.393 e. The summed E-state index contributed by atoms with van der Waals surface area (Å²) in [6.45, 7) is 10.9. The number of aliphatic hydroxyl groups excluding tert-OH is 4. The minimum atomic E-state index is -1.23. The largest absolute Gasteiger partial charge is 0.393 e. The average Bonchev–Trinajstić information content (AvgIpc) is 2.99. The molecular weight excluding hydrogens is 404 g/mol. The molecule has 5 nitrogen and oxygen atoms in total. The Morgan fingerprint density at radius 3 is 2.28 bits per heavy atom. The molecular formula is C27H48O5. The van der Waals surface area contributed by atoms with Gasteiger partial charge < -0.3 is 25.5 Å². The zero-order valence-corrected chi connectivity index (χ0v) is 20.9. The van der Waals surface area contributed by atoms with Crippen LogP contribution in [0.2, 0.25) is 0 Å². The van der Waals surface area contributed by atoms with E-state index in [1.54, 1.807) is 0 Å². The second-order valence-corrected chi connectivity index (χ2v) is 13.1. The Bertz CT molecular complexity index is 683. The lowest BCUT2D eigenvalue weighted by Crippen LogP contribution is -2.69. The summed E-state index contributed by atoms with van der Waals surface area (Å²) >= 11 is 0. The smallest absolute Gasteiger partial charge is 0.0985 e. The molecule has 4 fully saturated rings. The highest BCUT2D eigenvalue weighted by atomic mass is 16.3. The number of aliphatic hydroxyl groups is 5. The summed E-state index contributed by atoms with van der Waals surface area (Å²) in [6.07, 6.45) is 4.81. The summed E-state index contributed by atoms with van der Waals surface area (Å²) < 4.78 is 0. The van der Waals surface area contributed by atoms with E-state index in [2.05, 4.69) is 34.6 Å². The normalized spacial score (nSPS) is 52.8. The van der Waals surface area contributed by atoms with Gasteiger partial charge in [0, 0.05) is 11.8 Å². The van der Waals surface area contributed by atoms with Gasteiger partial charge in [-0.25, -0.2) is 0 Å². The lowest BCUT2D eigenvalue weighted by Gasteiger charge is -2.65. The Kier molecular flexibility index (Phi) is 6.60. The molecule has 0 radical (unpaired) electrons. The summed E-state index contributed by atoms with van der Waals surface area (Å²) in [7, 11) is 0. The van der Waals surface area contributed by atoms with Gasteiger partial charge in [-0.1, -0.05) is 34.6 Å². The zero-order chi connectivity index (χ0) is 23.6. The minimum absolute atomic E-state index is 0.0303. The fourth-order valence-electron chi connectivity index (χ4n) is 9.23. The highest BCUT2D eigenvalue weighted by Gasteiger charge is 2.68. The van der Waals surface area contributed by atoms with E-state index in [9.17, 15) is 25.5 Å². The van der Waals surface area contributed by atoms with E-state index < -0.39 is 23.2 Å². The quantitative estimate of drug-likeness (QED) is 0.440. The van der Waals surface area contributed by atoms with Gasteiger partial charge in [0.1, 0.15) is 0 Å². The number of hydrogen-bond acceptors (Lipinski definition) is 5. The van der Waals surface area contributed by atoms with Crippen molar-refractivity contribution in [3.63, 3.8) is 0 Å². The third-order valence-corrected chi connectivity index (χ3v) is 11.3. The van der Waals surface area contributed by atoms with Crippen molar-refractivity contribution in [2.75, 3.05) is 0 Å². The first-order valence-electron chi connectivity index (χ1n) is 13.3. The molecule has 32 heavy (non-hydrogen) atoms. The Balaban J connectivity index is 1.57. The maximum atomic E-state index is 11.6. The highest BCUT2D eigenvalue weighted by molar-refractivity contribution is 5.18. The molecule has 0 aromatic carbocycles. The number of rotatable bonds is 5. The number of fused-ring (bicyclic) bond motifs is 5.